The van der Waals surface area contributed by atoms with Crippen molar-refractivity contribution in [3.63, 3.8) is 0 Å². The van der Waals surface area contributed by atoms with Crippen LogP contribution in [0.1, 0.15) is 11.1 Å². The Labute approximate surface area is 159 Å². The van der Waals surface area contributed by atoms with E-state index < -0.39 is 17.6 Å². The molecular weight excluding hydrogens is 389 g/mol. The molecular formula is C18H22NO6PS. The third-order valence-electron chi connectivity index (χ3n) is 3.84. The average molecular weight is 411 g/mol. The summed E-state index contributed by atoms with van der Waals surface area (Å²) >= 11 is 0. The van der Waals surface area contributed by atoms with Gasteiger partial charge in [0.15, 0.2) is 0 Å². The summed E-state index contributed by atoms with van der Waals surface area (Å²) in [5, 5.41) is 0.0749. The molecule has 0 atom stereocenters. The molecule has 0 heterocycles. The van der Waals surface area contributed by atoms with E-state index in [2.05, 4.69) is 4.72 Å². The highest BCUT2D eigenvalue weighted by Crippen LogP contribution is 2.59. The van der Waals surface area contributed by atoms with Crippen LogP contribution in [0.2, 0.25) is 0 Å². The van der Waals surface area contributed by atoms with Crippen LogP contribution in [0.15, 0.2) is 59.6 Å². The Kier molecular flexibility index (Phi) is 6.84. The molecule has 0 bridgehead atoms. The van der Waals surface area contributed by atoms with E-state index in [1.54, 1.807) is 36.4 Å². The van der Waals surface area contributed by atoms with Gasteiger partial charge in [0.2, 0.25) is 0 Å². The van der Waals surface area contributed by atoms with E-state index in [1.807, 2.05) is 6.92 Å². The summed E-state index contributed by atoms with van der Waals surface area (Å²) in [4.78, 5) is 0.0862. The predicted octanol–water partition coefficient (Wildman–Crippen LogP) is 3.77. The summed E-state index contributed by atoms with van der Waals surface area (Å²) in [5.74, 6) is 0.600. The molecule has 2 rings (SSSR count). The lowest BCUT2D eigenvalue weighted by Crippen LogP contribution is -2.18. The summed E-state index contributed by atoms with van der Waals surface area (Å²) in [6.07, 6.45) is 1.13. The van der Waals surface area contributed by atoms with Gasteiger partial charge in [-0.2, -0.15) is 0 Å². The topological polar surface area (TPSA) is 90.9 Å². The van der Waals surface area contributed by atoms with Crippen LogP contribution in [0.5, 0.6) is 5.75 Å². The lowest BCUT2D eigenvalue weighted by Gasteiger charge is -2.18. The van der Waals surface area contributed by atoms with Gasteiger partial charge in [-0.15, -0.1) is 0 Å². The van der Waals surface area contributed by atoms with Crippen molar-refractivity contribution >= 4 is 22.9 Å². The number of hydrogen-bond acceptors (Lipinski definition) is 6. The van der Waals surface area contributed by atoms with E-state index in [9.17, 15) is 13.0 Å². The molecule has 0 saturated carbocycles. The van der Waals surface area contributed by atoms with Crippen LogP contribution in [0.4, 0.5) is 0 Å². The van der Waals surface area contributed by atoms with Crippen molar-refractivity contribution in [3.8, 4) is 5.75 Å². The van der Waals surface area contributed by atoms with Gasteiger partial charge in [-0.1, -0.05) is 29.8 Å². The molecule has 2 aromatic carbocycles. The summed E-state index contributed by atoms with van der Waals surface area (Å²) < 4.78 is 55.5. The lowest BCUT2D eigenvalue weighted by molar-refractivity contribution is 0.288. The quantitative estimate of drug-likeness (QED) is 0.665. The third-order valence-corrected chi connectivity index (χ3v) is 7.10. The molecule has 0 aliphatic carbocycles. The Hall–Kier alpha value is -2.12. The number of aryl methyl sites for hydroxylation is 1. The first-order chi connectivity index (χ1) is 12.8. The number of hydrogen-bond donors (Lipinski definition) is 1. The van der Waals surface area contributed by atoms with Gasteiger partial charge in [0, 0.05) is 20.4 Å². The summed E-state index contributed by atoms with van der Waals surface area (Å²) in [5.41, 5.74) is 1.40. The van der Waals surface area contributed by atoms with E-state index in [4.69, 9.17) is 13.8 Å². The van der Waals surface area contributed by atoms with Gasteiger partial charge >= 0.3 is 7.60 Å². The molecule has 0 aliphatic heterocycles. The van der Waals surface area contributed by atoms with E-state index in [-0.39, 0.29) is 10.2 Å². The molecule has 1 N–H and O–H groups in total. The minimum Gasteiger partial charge on any atom is -0.497 e. The average Bonchev–Trinajstić information content (AvgIpc) is 2.68. The normalized spacial score (nSPS) is 12.7. The Morgan fingerprint density at radius 2 is 1.52 bits per heavy atom. The zero-order valence-electron chi connectivity index (χ0n) is 15.5. The summed E-state index contributed by atoms with van der Waals surface area (Å²) in [7, 11) is -3.59. The van der Waals surface area contributed by atoms with Crippen LogP contribution >= 0.6 is 7.60 Å². The van der Waals surface area contributed by atoms with Crippen molar-refractivity contribution in [1.29, 1.82) is 0 Å². The second-order valence-corrected chi connectivity index (χ2v) is 9.48. The molecule has 0 spiro atoms. The van der Waals surface area contributed by atoms with Crippen LogP contribution in [0, 0.1) is 6.92 Å². The van der Waals surface area contributed by atoms with Gasteiger partial charge in [-0.25, -0.2) is 8.42 Å². The van der Waals surface area contributed by atoms with E-state index in [1.165, 1.54) is 33.5 Å². The number of nitrogens with one attached hydrogen (secondary N) is 1. The smallest absolute Gasteiger partial charge is 0.362 e. The Balaban J connectivity index is 2.46. The van der Waals surface area contributed by atoms with Gasteiger partial charge in [0.05, 0.1) is 17.3 Å². The van der Waals surface area contributed by atoms with Crippen molar-refractivity contribution < 1.29 is 26.8 Å². The molecule has 7 nitrogen and oxygen atoms in total. The fraction of sp³-hybridized carbons (Fsp3) is 0.222. The number of methoxy groups -OCH3 is 1. The van der Waals surface area contributed by atoms with Crippen LogP contribution in [0.3, 0.4) is 0 Å². The first-order valence-electron chi connectivity index (χ1n) is 7.91. The fourth-order valence-corrected chi connectivity index (χ4v) is 4.49. The van der Waals surface area contributed by atoms with E-state index in [0.717, 1.165) is 11.8 Å². The van der Waals surface area contributed by atoms with Crippen LogP contribution in [-0.4, -0.2) is 29.7 Å². The lowest BCUT2D eigenvalue weighted by atomic mass is 10.2. The largest absolute Gasteiger partial charge is 0.497 e. The third kappa shape index (κ3) is 4.99. The van der Waals surface area contributed by atoms with Crippen LogP contribution < -0.4 is 9.46 Å². The van der Waals surface area contributed by atoms with Crippen molar-refractivity contribution in [1.82, 2.24) is 4.72 Å². The van der Waals surface area contributed by atoms with Gasteiger partial charge in [-0.3, -0.25) is 9.29 Å². The Morgan fingerprint density at radius 3 is 2.00 bits per heavy atom. The van der Waals surface area contributed by atoms with Crippen molar-refractivity contribution in [2.24, 2.45) is 0 Å². The number of ether oxygens (including phenoxy) is 1. The summed E-state index contributed by atoms with van der Waals surface area (Å²) in [6, 6.07) is 13.0. The maximum absolute atomic E-state index is 12.9. The maximum atomic E-state index is 12.9. The maximum Gasteiger partial charge on any atom is 0.362 e. The minimum atomic E-state index is -3.85. The van der Waals surface area contributed by atoms with Crippen LogP contribution in [-0.2, 0) is 23.6 Å². The molecule has 2 aromatic rings. The zero-order chi connectivity index (χ0) is 20.1. The zero-order valence-corrected chi connectivity index (χ0v) is 17.2. The SMILES string of the molecule is COc1ccc(/C(=C/NS(=O)(=O)c2ccc(C)cc2)P(=O)(OC)OC)cc1. The Morgan fingerprint density at radius 1 is 0.963 bits per heavy atom. The van der Waals surface area contributed by atoms with Crippen molar-refractivity contribution in [2.45, 2.75) is 11.8 Å². The molecule has 27 heavy (non-hydrogen) atoms. The predicted molar refractivity (Wildman–Crippen MR) is 104 cm³/mol. The van der Waals surface area contributed by atoms with Crippen LogP contribution in [0.25, 0.3) is 5.31 Å². The van der Waals surface area contributed by atoms with E-state index in [0.29, 0.717) is 11.3 Å². The molecule has 0 amide bonds. The van der Waals surface area contributed by atoms with Gasteiger partial charge < -0.3 is 13.8 Å². The second-order valence-electron chi connectivity index (χ2n) is 5.56. The highest BCUT2D eigenvalue weighted by Gasteiger charge is 2.30. The second kappa shape index (κ2) is 8.71. The van der Waals surface area contributed by atoms with Crippen molar-refractivity contribution in [3.05, 3.63) is 65.9 Å². The van der Waals surface area contributed by atoms with E-state index >= 15 is 0 Å². The van der Waals surface area contributed by atoms with Crippen molar-refractivity contribution in [2.75, 3.05) is 21.3 Å². The highest BCUT2D eigenvalue weighted by atomic mass is 32.2. The molecule has 0 radical (unpaired) electrons. The van der Waals surface area contributed by atoms with Gasteiger partial charge in [0.25, 0.3) is 10.0 Å². The molecule has 146 valence electrons. The number of rotatable bonds is 8. The molecule has 0 fully saturated rings. The molecule has 9 heteroatoms. The number of sulfonamides is 1. The molecule has 0 unspecified atom stereocenters. The summed E-state index contributed by atoms with van der Waals surface area (Å²) in [6.45, 7) is 1.86. The fourth-order valence-electron chi connectivity index (χ4n) is 2.27. The van der Waals surface area contributed by atoms with Gasteiger partial charge in [0.1, 0.15) is 5.75 Å². The minimum absolute atomic E-state index is 0.0749. The van der Waals surface area contributed by atoms with Gasteiger partial charge in [-0.05, 0) is 36.8 Å². The molecule has 0 aromatic heterocycles. The monoisotopic (exact) mass is 411 g/mol. The first kappa shape index (κ1) is 21.2. The standard InChI is InChI=1S/C18H22NO6PS/c1-14-5-11-17(12-6-14)27(21,22)19-13-18(26(20,24-3)25-4)15-7-9-16(23-2)10-8-15/h5-13,19H,1-4H3/b18-13-. The highest BCUT2D eigenvalue weighted by molar-refractivity contribution is 7.89. The first-order valence-corrected chi connectivity index (χ1v) is 10.9. The molecule has 0 saturated heterocycles. The molecule has 0 aliphatic rings. The number of benzene rings is 2. The Bertz CT molecular complexity index is 944.